The Labute approximate surface area is 57.3 Å². The number of hydrogen-bond donors (Lipinski definition) is 0. The van der Waals surface area contributed by atoms with Crippen LogP contribution < -0.4 is 0 Å². The van der Waals surface area contributed by atoms with Crippen LogP contribution in [0.3, 0.4) is 0 Å². The Morgan fingerprint density at radius 1 is 1.78 bits per heavy atom. The zero-order valence-corrected chi connectivity index (χ0v) is 6.28. The summed E-state index contributed by atoms with van der Waals surface area (Å²) in [5, 5.41) is 0. The van der Waals surface area contributed by atoms with Gasteiger partial charge in [-0.3, -0.25) is 0 Å². The topological polar surface area (TPSA) is 0 Å². The third kappa shape index (κ3) is 1.44. The minimum Gasteiger partial charge on any atom is -0.0998 e. The Hall–Kier alpha value is -0.520. The summed E-state index contributed by atoms with van der Waals surface area (Å²) in [5.74, 6) is 0.755. The lowest BCUT2D eigenvalue weighted by atomic mass is 9.99. The molecule has 0 aromatic rings. The van der Waals surface area contributed by atoms with E-state index in [1.165, 1.54) is 24.0 Å². The fraction of sp³-hybridized carbons (Fsp3) is 0.556. The molecule has 0 amide bonds. The van der Waals surface area contributed by atoms with Crippen molar-refractivity contribution >= 4 is 0 Å². The van der Waals surface area contributed by atoms with Crippen LogP contribution in [0.1, 0.15) is 26.7 Å². The van der Waals surface area contributed by atoms with Gasteiger partial charge >= 0.3 is 0 Å². The second kappa shape index (κ2) is 2.38. The summed E-state index contributed by atoms with van der Waals surface area (Å²) in [4.78, 5) is 0. The fourth-order valence-corrected chi connectivity index (χ4v) is 1.27. The normalized spacial score (nSPS) is 26.0. The molecule has 0 bridgehead atoms. The second-order valence-electron chi connectivity index (χ2n) is 3.03. The van der Waals surface area contributed by atoms with Gasteiger partial charge in [0.25, 0.3) is 0 Å². The fourth-order valence-electron chi connectivity index (χ4n) is 1.27. The molecule has 1 rings (SSSR count). The summed E-state index contributed by atoms with van der Waals surface area (Å²) in [6, 6.07) is 0. The van der Waals surface area contributed by atoms with Crippen LogP contribution in [0.4, 0.5) is 0 Å². The molecule has 1 atom stereocenters. The molecule has 0 N–H and O–H groups in total. The van der Waals surface area contributed by atoms with Crippen LogP contribution in [0, 0.1) is 5.92 Å². The van der Waals surface area contributed by atoms with E-state index in [1.807, 2.05) is 0 Å². The molecular weight excluding hydrogens is 108 g/mol. The molecule has 0 heterocycles. The number of rotatable bonds is 1. The standard InChI is InChI=1S/C9H14/c1-7(2)9-5-4-8(3)6-9/h4,9H,1,5-6H2,2-3H3. The molecule has 50 valence electrons. The van der Waals surface area contributed by atoms with Crippen LogP contribution in [-0.4, -0.2) is 0 Å². The van der Waals surface area contributed by atoms with Gasteiger partial charge in [-0.1, -0.05) is 23.8 Å². The van der Waals surface area contributed by atoms with Crippen molar-refractivity contribution in [1.29, 1.82) is 0 Å². The van der Waals surface area contributed by atoms with E-state index < -0.39 is 0 Å². The SMILES string of the molecule is C=C(C)C1CC=C(C)C1. The van der Waals surface area contributed by atoms with Gasteiger partial charge in [0.05, 0.1) is 0 Å². The molecule has 9 heavy (non-hydrogen) atoms. The summed E-state index contributed by atoms with van der Waals surface area (Å²) in [5.41, 5.74) is 2.87. The minimum absolute atomic E-state index is 0.755. The molecule has 0 saturated carbocycles. The van der Waals surface area contributed by atoms with Gasteiger partial charge in [0.15, 0.2) is 0 Å². The highest BCUT2D eigenvalue weighted by molar-refractivity contribution is 5.14. The van der Waals surface area contributed by atoms with Crippen molar-refractivity contribution in [3.8, 4) is 0 Å². The largest absolute Gasteiger partial charge is 0.0998 e. The van der Waals surface area contributed by atoms with E-state index in [0.29, 0.717) is 0 Å². The monoisotopic (exact) mass is 122 g/mol. The average Bonchev–Trinajstić information content (AvgIpc) is 2.14. The first-order valence-electron chi connectivity index (χ1n) is 3.51. The summed E-state index contributed by atoms with van der Waals surface area (Å²) in [7, 11) is 0. The zero-order valence-electron chi connectivity index (χ0n) is 6.28. The smallest absolute Gasteiger partial charge is 0.0137 e. The van der Waals surface area contributed by atoms with Crippen molar-refractivity contribution in [1.82, 2.24) is 0 Å². The summed E-state index contributed by atoms with van der Waals surface area (Å²) >= 11 is 0. The molecule has 0 aromatic heterocycles. The highest BCUT2D eigenvalue weighted by Crippen LogP contribution is 2.28. The van der Waals surface area contributed by atoms with E-state index in [1.54, 1.807) is 0 Å². The van der Waals surface area contributed by atoms with Gasteiger partial charge < -0.3 is 0 Å². The summed E-state index contributed by atoms with van der Waals surface area (Å²) in [6.45, 7) is 8.26. The maximum Gasteiger partial charge on any atom is -0.0137 e. The van der Waals surface area contributed by atoms with Crippen LogP contribution in [-0.2, 0) is 0 Å². The van der Waals surface area contributed by atoms with Gasteiger partial charge in [-0.2, -0.15) is 0 Å². The van der Waals surface area contributed by atoms with Gasteiger partial charge in [-0.25, -0.2) is 0 Å². The molecule has 0 heteroatoms. The van der Waals surface area contributed by atoms with Crippen molar-refractivity contribution < 1.29 is 0 Å². The lowest BCUT2D eigenvalue weighted by Gasteiger charge is -2.06. The molecule has 0 radical (unpaired) electrons. The lowest BCUT2D eigenvalue weighted by Crippen LogP contribution is -1.93. The van der Waals surface area contributed by atoms with Gasteiger partial charge in [0.2, 0.25) is 0 Å². The van der Waals surface area contributed by atoms with Gasteiger partial charge in [-0.15, -0.1) is 0 Å². The maximum atomic E-state index is 3.94. The highest BCUT2D eigenvalue weighted by Gasteiger charge is 2.13. The molecule has 1 aliphatic rings. The maximum absolute atomic E-state index is 3.94. The highest BCUT2D eigenvalue weighted by atomic mass is 14.2. The third-order valence-corrected chi connectivity index (χ3v) is 2.02. The van der Waals surface area contributed by atoms with Gasteiger partial charge in [-0.05, 0) is 32.6 Å². The first-order chi connectivity index (χ1) is 4.20. The molecule has 0 fully saturated rings. The van der Waals surface area contributed by atoms with Crippen molar-refractivity contribution in [2.45, 2.75) is 26.7 Å². The van der Waals surface area contributed by atoms with Crippen LogP contribution >= 0.6 is 0 Å². The van der Waals surface area contributed by atoms with Crippen molar-refractivity contribution in [2.75, 3.05) is 0 Å². The van der Waals surface area contributed by atoms with E-state index in [0.717, 1.165) is 5.92 Å². The quantitative estimate of drug-likeness (QED) is 0.469. The van der Waals surface area contributed by atoms with E-state index in [9.17, 15) is 0 Å². The molecular formula is C9H14. The van der Waals surface area contributed by atoms with Gasteiger partial charge in [0, 0.05) is 0 Å². The van der Waals surface area contributed by atoms with Crippen LogP contribution in [0.15, 0.2) is 23.8 Å². The molecule has 1 unspecified atom stereocenters. The minimum atomic E-state index is 0.755. The molecule has 0 spiro atoms. The van der Waals surface area contributed by atoms with Crippen LogP contribution in [0.2, 0.25) is 0 Å². The second-order valence-corrected chi connectivity index (χ2v) is 3.03. The van der Waals surface area contributed by atoms with Crippen molar-refractivity contribution in [2.24, 2.45) is 5.92 Å². The molecule has 1 aliphatic carbocycles. The first-order valence-corrected chi connectivity index (χ1v) is 3.51. The summed E-state index contributed by atoms with van der Waals surface area (Å²) in [6.07, 6.45) is 4.79. The van der Waals surface area contributed by atoms with E-state index in [-0.39, 0.29) is 0 Å². The zero-order chi connectivity index (χ0) is 6.85. The lowest BCUT2D eigenvalue weighted by molar-refractivity contribution is 0.661. The molecule has 0 nitrogen and oxygen atoms in total. The Bertz CT molecular complexity index is 151. The first kappa shape index (κ1) is 6.60. The van der Waals surface area contributed by atoms with Crippen molar-refractivity contribution in [3.63, 3.8) is 0 Å². The Balaban J connectivity index is 2.47. The molecule has 0 saturated heterocycles. The average molecular weight is 122 g/mol. The van der Waals surface area contributed by atoms with E-state index in [2.05, 4.69) is 26.5 Å². The Morgan fingerprint density at radius 2 is 2.44 bits per heavy atom. The van der Waals surface area contributed by atoms with Crippen LogP contribution in [0.5, 0.6) is 0 Å². The van der Waals surface area contributed by atoms with E-state index in [4.69, 9.17) is 0 Å². The Kier molecular flexibility index (Phi) is 1.75. The predicted molar refractivity (Wildman–Crippen MR) is 41.3 cm³/mol. The number of hydrogen-bond acceptors (Lipinski definition) is 0. The van der Waals surface area contributed by atoms with E-state index >= 15 is 0 Å². The van der Waals surface area contributed by atoms with Crippen LogP contribution in [0.25, 0.3) is 0 Å². The predicted octanol–water partition coefficient (Wildman–Crippen LogP) is 2.92. The Morgan fingerprint density at radius 3 is 2.67 bits per heavy atom. The van der Waals surface area contributed by atoms with Crippen molar-refractivity contribution in [3.05, 3.63) is 23.8 Å². The number of allylic oxidation sites excluding steroid dienone is 3. The molecule has 0 aliphatic heterocycles. The summed E-state index contributed by atoms with van der Waals surface area (Å²) < 4.78 is 0. The van der Waals surface area contributed by atoms with Gasteiger partial charge in [0.1, 0.15) is 0 Å². The third-order valence-electron chi connectivity index (χ3n) is 2.02. The molecule has 0 aromatic carbocycles.